The van der Waals surface area contributed by atoms with E-state index < -0.39 is 6.04 Å². The van der Waals surface area contributed by atoms with Gasteiger partial charge < -0.3 is 15.4 Å². The van der Waals surface area contributed by atoms with Crippen LogP contribution in [-0.4, -0.2) is 43.0 Å². The lowest BCUT2D eigenvalue weighted by molar-refractivity contribution is -0.124. The van der Waals surface area contributed by atoms with Crippen molar-refractivity contribution in [2.75, 3.05) is 23.4 Å². The maximum absolute atomic E-state index is 12.4. The van der Waals surface area contributed by atoms with Crippen LogP contribution in [-0.2, 0) is 19.1 Å². The minimum atomic E-state index is -0.432. The summed E-state index contributed by atoms with van der Waals surface area (Å²) in [6.45, 7) is 4.88. The van der Waals surface area contributed by atoms with Crippen LogP contribution in [0.1, 0.15) is 25.3 Å². The summed E-state index contributed by atoms with van der Waals surface area (Å²) in [6.07, 6.45) is 0.246. The standard InChI is InChI=1S/C17H21N3O4/c1-10-3-4-12(9-13(10)20-14(21)5-6-15(20)22)19-17(23)16-11(2)24-8-7-18-16/h3-4,9,11,16,18H,5-8H2,1-2H3,(H,19,23)/t11-,16+/m1/s1. The van der Waals surface area contributed by atoms with Gasteiger partial charge in [0, 0.05) is 25.1 Å². The molecule has 2 heterocycles. The normalized spacial score (nSPS) is 24.3. The van der Waals surface area contributed by atoms with Crippen molar-refractivity contribution in [1.82, 2.24) is 5.32 Å². The summed E-state index contributed by atoms with van der Waals surface area (Å²) in [5.74, 6) is -0.610. The molecule has 1 aromatic carbocycles. The number of hydrogen-bond acceptors (Lipinski definition) is 5. The van der Waals surface area contributed by atoms with E-state index in [9.17, 15) is 14.4 Å². The minimum Gasteiger partial charge on any atom is -0.375 e. The first-order chi connectivity index (χ1) is 11.5. The molecular weight excluding hydrogens is 310 g/mol. The van der Waals surface area contributed by atoms with Crippen LogP contribution in [0.3, 0.4) is 0 Å². The number of morpholine rings is 1. The number of anilines is 2. The molecule has 2 aliphatic heterocycles. The average Bonchev–Trinajstić information content (AvgIpc) is 2.88. The molecule has 2 saturated heterocycles. The Balaban J connectivity index is 1.80. The number of amides is 3. The van der Waals surface area contributed by atoms with Crippen molar-refractivity contribution < 1.29 is 19.1 Å². The largest absolute Gasteiger partial charge is 0.375 e. The van der Waals surface area contributed by atoms with Crippen LogP contribution < -0.4 is 15.5 Å². The minimum absolute atomic E-state index is 0.198. The highest BCUT2D eigenvalue weighted by Gasteiger charge is 2.32. The van der Waals surface area contributed by atoms with E-state index in [1.54, 1.807) is 18.2 Å². The quantitative estimate of drug-likeness (QED) is 0.806. The molecule has 0 radical (unpaired) electrons. The summed E-state index contributed by atoms with van der Waals surface area (Å²) in [7, 11) is 0. The third-order valence-corrected chi connectivity index (χ3v) is 4.37. The molecule has 1 aromatic rings. The van der Waals surface area contributed by atoms with E-state index in [0.717, 1.165) is 5.56 Å². The molecule has 3 amide bonds. The first-order valence-corrected chi connectivity index (χ1v) is 8.09. The molecule has 3 rings (SSSR count). The van der Waals surface area contributed by atoms with Crippen molar-refractivity contribution in [2.45, 2.75) is 38.8 Å². The second kappa shape index (κ2) is 6.70. The SMILES string of the molecule is Cc1ccc(NC(=O)[C@H]2NCCO[C@@H]2C)cc1N1C(=O)CCC1=O. The Bertz CT molecular complexity index is 672. The molecule has 2 N–H and O–H groups in total. The zero-order valence-electron chi connectivity index (χ0n) is 13.8. The summed E-state index contributed by atoms with van der Waals surface area (Å²) in [6, 6.07) is 4.79. The summed E-state index contributed by atoms with van der Waals surface area (Å²) < 4.78 is 5.48. The smallest absolute Gasteiger partial charge is 0.244 e. The van der Waals surface area contributed by atoms with E-state index in [1.807, 2.05) is 13.8 Å². The lowest BCUT2D eigenvalue weighted by Crippen LogP contribution is -2.53. The van der Waals surface area contributed by atoms with Crippen LogP contribution in [0.25, 0.3) is 0 Å². The molecule has 24 heavy (non-hydrogen) atoms. The fraction of sp³-hybridized carbons (Fsp3) is 0.471. The number of carbonyl (C=O) groups is 3. The second-order valence-electron chi connectivity index (χ2n) is 6.12. The number of nitrogens with zero attached hydrogens (tertiary/aromatic N) is 1. The molecule has 7 heteroatoms. The predicted octanol–water partition coefficient (Wildman–Crippen LogP) is 0.964. The van der Waals surface area contributed by atoms with Gasteiger partial charge in [0.1, 0.15) is 6.04 Å². The van der Waals surface area contributed by atoms with Gasteiger partial charge >= 0.3 is 0 Å². The Hall–Kier alpha value is -2.25. The van der Waals surface area contributed by atoms with Crippen LogP contribution >= 0.6 is 0 Å². The molecule has 0 saturated carbocycles. The van der Waals surface area contributed by atoms with Crippen LogP contribution in [0.15, 0.2) is 18.2 Å². The number of benzene rings is 1. The van der Waals surface area contributed by atoms with Crippen molar-refractivity contribution >= 4 is 29.1 Å². The third-order valence-electron chi connectivity index (χ3n) is 4.37. The molecule has 7 nitrogen and oxygen atoms in total. The molecule has 0 aromatic heterocycles. The van der Waals surface area contributed by atoms with Crippen LogP contribution in [0, 0.1) is 6.92 Å². The number of nitrogens with one attached hydrogen (secondary N) is 2. The Morgan fingerprint density at radius 1 is 1.29 bits per heavy atom. The van der Waals surface area contributed by atoms with Crippen LogP contribution in [0.5, 0.6) is 0 Å². The lowest BCUT2D eigenvalue weighted by atomic mass is 10.1. The average molecular weight is 331 g/mol. The molecule has 2 atom stereocenters. The molecule has 0 spiro atoms. The van der Waals surface area contributed by atoms with E-state index in [0.29, 0.717) is 24.5 Å². The fourth-order valence-electron chi connectivity index (χ4n) is 3.02. The lowest BCUT2D eigenvalue weighted by Gasteiger charge is -2.29. The molecule has 2 fully saturated rings. The van der Waals surface area contributed by atoms with Crippen LogP contribution in [0.4, 0.5) is 11.4 Å². The van der Waals surface area contributed by atoms with Gasteiger partial charge in [0.25, 0.3) is 0 Å². The summed E-state index contributed by atoms with van der Waals surface area (Å²) in [5, 5.41) is 5.96. The van der Waals surface area contributed by atoms with Crippen molar-refractivity contribution in [1.29, 1.82) is 0 Å². The van der Waals surface area contributed by atoms with Gasteiger partial charge in [-0.05, 0) is 31.5 Å². The Labute approximate surface area is 140 Å². The van der Waals surface area contributed by atoms with Gasteiger partial charge in [0.15, 0.2) is 0 Å². The molecular formula is C17H21N3O4. The Kier molecular flexibility index (Phi) is 4.64. The van der Waals surface area contributed by atoms with E-state index in [4.69, 9.17) is 4.74 Å². The van der Waals surface area contributed by atoms with Gasteiger partial charge in [-0.2, -0.15) is 0 Å². The van der Waals surface area contributed by atoms with Gasteiger partial charge in [0.05, 0.1) is 18.4 Å². The second-order valence-corrected chi connectivity index (χ2v) is 6.12. The highest BCUT2D eigenvalue weighted by molar-refractivity contribution is 6.20. The Morgan fingerprint density at radius 2 is 2.00 bits per heavy atom. The summed E-state index contributed by atoms with van der Waals surface area (Å²) in [5.41, 5.74) is 1.89. The first kappa shape index (κ1) is 16.6. The third kappa shape index (κ3) is 3.18. The zero-order chi connectivity index (χ0) is 17.3. The monoisotopic (exact) mass is 331 g/mol. The van der Waals surface area contributed by atoms with Crippen molar-refractivity contribution in [3.8, 4) is 0 Å². The van der Waals surface area contributed by atoms with Crippen LogP contribution in [0.2, 0.25) is 0 Å². The molecule has 0 aliphatic carbocycles. The number of aryl methyl sites for hydroxylation is 1. The van der Waals surface area contributed by atoms with Gasteiger partial charge in [-0.3, -0.25) is 19.3 Å². The fourth-order valence-corrected chi connectivity index (χ4v) is 3.02. The molecule has 0 bridgehead atoms. The number of hydrogen-bond donors (Lipinski definition) is 2. The Morgan fingerprint density at radius 3 is 2.67 bits per heavy atom. The molecule has 128 valence electrons. The summed E-state index contributed by atoms with van der Waals surface area (Å²) in [4.78, 5) is 37.5. The number of imide groups is 1. The topological polar surface area (TPSA) is 87.7 Å². The van der Waals surface area contributed by atoms with Crippen molar-refractivity contribution in [2.24, 2.45) is 0 Å². The van der Waals surface area contributed by atoms with Crippen molar-refractivity contribution in [3.05, 3.63) is 23.8 Å². The molecule has 2 aliphatic rings. The maximum Gasteiger partial charge on any atom is 0.244 e. The number of ether oxygens (including phenoxy) is 1. The van der Waals surface area contributed by atoms with Gasteiger partial charge in [0.2, 0.25) is 17.7 Å². The number of carbonyl (C=O) groups excluding carboxylic acids is 3. The van der Waals surface area contributed by atoms with Gasteiger partial charge in [-0.1, -0.05) is 6.07 Å². The van der Waals surface area contributed by atoms with E-state index in [1.165, 1.54) is 4.90 Å². The number of rotatable bonds is 3. The van der Waals surface area contributed by atoms with E-state index in [-0.39, 0.29) is 36.7 Å². The summed E-state index contributed by atoms with van der Waals surface area (Å²) >= 11 is 0. The van der Waals surface area contributed by atoms with Gasteiger partial charge in [-0.15, -0.1) is 0 Å². The molecule has 0 unspecified atom stereocenters. The maximum atomic E-state index is 12.4. The highest BCUT2D eigenvalue weighted by Crippen LogP contribution is 2.29. The van der Waals surface area contributed by atoms with E-state index >= 15 is 0 Å². The predicted molar refractivity (Wildman–Crippen MR) is 88.7 cm³/mol. The van der Waals surface area contributed by atoms with Crippen molar-refractivity contribution in [3.63, 3.8) is 0 Å². The first-order valence-electron chi connectivity index (χ1n) is 8.09. The highest BCUT2D eigenvalue weighted by atomic mass is 16.5. The van der Waals surface area contributed by atoms with E-state index in [2.05, 4.69) is 10.6 Å². The zero-order valence-corrected chi connectivity index (χ0v) is 13.8. The van der Waals surface area contributed by atoms with Gasteiger partial charge in [-0.25, -0.2) is 0 Å².